The van der Waals surface area contributed by atoms with Crippen LogP contribution in [0.25, 0.3) is 0 Å². The molecule has 1 unspecified atom stereocenters. The molecule has 0 aromatic heterocycles. The molecule has 0 N–H and O–H groups in total. The number of sulfonamides is 1. The van der Waals surface area contributed by atoms with Crippen molar-refractivity contribution in [1.82, 2.24) is 9.21 Å². The number of likely N-dealkylation sites (N-methyl/N-ethyl adjacent to an activating group) is 1. The van der Waals surface area contributed by atoms with E-state index < -0.39 is 10.0 Å². The van der Waals surface area contributed by atoms with Gasteiger partial charge in [-0.3, -0.25) is 4.90 Å². The number of aryl methyl sites for hydroxylation is 1. The maximum Gasteiger partial charge on any atom is 0.243 e. The van der Waals surface area contributed by atoms with Crippen molar-refractivity contribution in [3.63, 3.8) is 0 Å². The monoisotopic (exact) mass is 307 g/mol. The van der Waals surface area contributed by atoms with Gasteiger partial charge in [-0.25, -0.2) is 8.42 Å². The summed E-state index contributed by atoms with van der Waals surface area (Å²) in [6, 6.07) is 7.02. The minimum atomic E-state index is -3.53. The van der Waals surface area contributed by atoms with E-state index in [1.165, 1.54) is 10.4 Å². The van der Waals surface area contributed by atoms with Gasteiger partial charge in [0.1, 0.15) is 0 Å². The third-order valence-corrected chi connectivity index (χ3v) is 6.08. The van der Waals surface area contributed by atoms with Crippen LogP contribution < -0.4 is 0 Å². The first kappa shape index (κ1) is 16.0. The van der Waals surface area contributed by atoms with Gasteiger partial charge in [-0.2, -0.15) is 9.57 Å². The van der Waals surface area contributed by atoms with Gasteiger partial charge in [0.25, 0.3) is 0 Å². The second-order valence-electron chi connectivity index (χ2n) is 5.43. The first-order valence-electron chi connectivity index (χ1n) is 7.15. The largest absolute Gasteiger partial charge is 0.298 e. The van der Waals surface area contributed by atoms with Gasteiger partial charge in [-0.05, 0) is 38.1 Å². The summed E-state index contributed by atoms with van der Waals surface area (Å²) in [6.45, 7) is 8.56. The highest BCUT2D eigenvalue weighted by Crippen LogP contribution is 2.23. The molecule has 1 aliphatic rings. The number of hydrogen-bond acceptors (Lipinski definition) is 4. The first-order valence-corrected chi connectivity index (χ1v) is 8.59. The molecule has 5 nitrogen and oxygen atoms in total. The zero-order chi connectivity index (χ0) is 15.6. The van der Waals surface area contributed by atoms with Gasteiger partial charge in [-0.15, -0.1) is 0 Å². The maximum atomic E-state index is 12.8. The van der Waals surface area contributed by atoms with Crippen LogP contribution in [0, 0.1) is 18.3 Å². The Morgan fingerprint density at radius 3 is 2.67 bits per heavy atom. The molecule has 0 spiro atoms. The summed E-state index contributed by atoms with van der Waals surface area (Å²) in [5, 5.41) is 8.97. The molecule has 1 aromatic rings. The number of rotatable bonds is 3. The second kappa shape index (κ2) is 6.14. The molecular weight excluding hydrogens is 286 g/mol. The summed E-state index contributed by atoms with van der Waals surface area (Å²) in [5.41, 5.74) is 1.05. The Morgan fingerprint density at radius 2 is 2.10 bits per heavy atom. The van der Waals surface area contributed by atoms with Crippen molar-refractivity contribution in [3.8, 4) is 6.07 Å². The molecule has 0 radical (unpaired) electrons. The lowest BCUT2D eigenvalue weighted by molar-refractivity contribution is 0.135. The Hall–Kier alpha value is -1.42. The van der Waals surface area contributed by atoms with E-state index in [-0.39, 0.29) is 10.9 Å². The molecule has 2 rings (SSSR count). The van der Waals surface area contributed by atoms with Crippen LogP contribution in [0.3, 0.4) is 0 Å². The standard InChI is InChI=1S/C15H21N3O2S/c1-4-17-7-8-18(11-13(17)3)21(19,20)15-9-14(10-16)6-5-12(15)2/h5-6,9,13H,4,7-8,11H2,1-3H3. The van der Waals surface area contributed by atoms with Crippen molar-refractivity contribution in [2.75, 3.05) is 26.2 Å². The van der Waals surface area contributed by atoms with Crippen LogP contribution in [0.2, 0.25) is 0 Å². The SMILES string of the molecule is CCN1CCN(S(=O)(=O)c2cc(C#N)ccc2C)CC1C. The molecule has 114 valence electrons. The van der Waals surface area contributed by atoms with Crippen molar-refractivity contribution in [2.45, 2.75) is 31.7 Å². The zero-order valence-corrected chi connectivity index (χ0v) is 13.5. The van der Waals surface area contributed by atoms with E-state index >= 15 is 0 Å². The van der Waals surface area contributed by atoms with Crippen molar-refractivity contribution in [1.29, 1.82) is 5.26 Å². The summed E-state index contributed by atoms with van der Waals surface area (Å²) in [4.78, 5) is 2.52. The molecule has 1 aliphatic heterocycles. The first-order chi connectivity index (χ1) is 9.90. The molecule has 1 saturated heterocycles. The highest BCUT2D eigenvalue weighted by Gasteiger charge is 2.32. The van der Waals surface area contributed by atoms with E-state index in [9.17, 15) is 8.42 Å². The van der Waals surface area contributed by atoms with Gasteiger partial charge in [-0.1, -0.05) is 13.0 Å². The van der Waals surface area contributed by atoms with E-state index in [0.717, 1.165) is 13.1 Å². The van der Waals surface area contributed by atoms with Crippen LogP contribution in [0.4, 0.5) is 0 Å². The smallest absolute Gasteiger partial charge is 0.243 e. The van der Waals surface area contributed by atoms with E-state index in [0.29, 0.717) is 24.2 Å². The number of nitriles is 1. The topological polar surface area (TPSA) is 64.4 Å². The van der Waals surface area contributed by atoms with Crippen molar-refractivity contribution in [2.24, 2.45) is 0 Å². The zero-order valence-electron chi connectivity index (χ0n) is 12.7. The van der Waals surface area contributed by atoms with Crippen molar-refractivity contribution >= 4 is 10.0 Å². The molecule has 0 amide bonds. The molecule has 1 aromatic carbocycles. The van der Waals surface area contributed by atoms with Crippen LogP contribution in [0.15, 0.2) is 23.1 Å². The quantitative estimate of drug-likeness (QED) is 0.850. The Kier molecular flexibility index (Phi) is 4.67. The predicted molar refractivity (Wildman–Crippen MR) is 81.4 cm³/mol. The van der Waals surface area contributed by atoms with E-state index in [4.69, 9.17) is 5.26 Å². The maximum absolute atomic E-state index is 12.8. The van der Waals surface area contributed by atoms with Crippen molar-refractivity contribution < 1.29 is 8.42 Å². The van der Waals surface area contributed by atoms with Gasteiger partial charge in [0.15, 0.2) is 0 Å². The van der Waals surface area contributed by atoms with Gasteiger partial charge in [0.05, 0.1) is 16.5 Å². The highest BCUT2D eigenvalue weighted by atomic mass is 32.2. The number of piperazine rings is 1. The van der Waals surface area contributed by atoms with Gasteiger partial charge >= 0.3 is 0 Å². The average molecular weight is 307 g/mol. The highest BCUT2D eigenvalue weighted by molar-refractivity contribution is 7.89. The Bertz CT molecular complexity index is 664. The Morgan fingerprint density at radius 1 is 1.38 bits per heavy atom. The summed E-state index contributed by atoms with van der Waals surface area (Å²) < 4.78 is 27.2. The van der Waals surface area contributed by atoms with Crippen LogP contribution >= 0.6 is 0 Å². The lowest BCUT2D eigenvalue weighted by Gasteiger charge is -2.38. The van der Waals surface area contributed by atoms with Crippen molar-refractivity contribution in [3.05, 3.63) is 29.3 Å². The molecule has 0 bridgehead atoms. The van der Waals surface area contributed by atoms with Gasteiger partial charge in [0, 0.05) is 25.7 Å². The summed E-state index contributed by atoms with van der Waals surface area (Å²) in [7, 11) is -3.53. The van der Waals surface area contributed by atoms with Crippen LogP contribution in [0.1, 0.15) is 25.0 Å². The fraction of sp³-hybridized carbons (Fsp3) is 0.533. The molecule has 0 saturated carbocycles. The minimum Gasteiger partial charge on any atom is -0.298 e. The van der Waals surface area contributed by atoms with E-state index in [1.54, 1.807) is 19.1 Å². The third kappa shape index (κ3) is 3.10. The normalized spacial score (nSPS) is 21.1. The summed E-state index contributed by atoms with van der Waals surface area (Å²) in [6.07, 6.45) is 0. The Balaban J connectivity index is 2.33. The fourth-order valence-electron chi connectivity index (χ4n) is 2.74. The molecule has 1 fully saturated rings. The van der Waals surface area contributed by atoms with Crippen LogP contribution in [-0.4, -0.2) is 49.8 Å². The Labute approximate surface area is 126 Å². The summed E-state index contributed by atoms with van der Waals surface area (Å²) >= 11 is 0. The van der Waals surface area contributed by atoms with Crippen LogP contribution in [-0.2, 0) is 10.0 Å². The molecule has 0 aliphatic carbocycles. The third-order valence-electron chi connectivity index (χ3n) is 4.07. The van der Waals surface area contributed by atoms with E-state index in [1.807, 2.05) is 13.0 Å². The average Bonchev–Trinajstić information content (AvgIpc) is 2.47. The predicted octanol–water partition coefficient (Wildman–Crippen LogP) is 1.58. The van der Waals surface area contributed by atoms with Crippen LogP contribution in [0.5, 0.6) is 0 Å². The van der Waals surface area contributed by atoms with Gasteiger partial charge < -0.3 is 0 Å². The molecule has 1 atom stereocenters. The van der Waals surface area contributed by atoms with E-state index in [2.05, 4.69) is 11.8 Å². The lowest BCUT2D eigenvalue weighted by Crippen LogP contribution is -2.53. The number of benzene rings is 1. The summed E-state index contributed by atoms with van der Waals surface area (Å²) in [5.74, 6) is 0. The molecule has 1 heterocycles. The fourth-order valence-corrected chi connectivity index (χ4v) is 4.50. The molecular formula is C15H21N3O2S. The number of hydrogen-bond donors (Lipinski definition) is 0. The number of nitrogens with zero attached hydrogens (tertiary/aromatic N) is 3. The molecule has 21 heavy (non-hydrogen) atoms. The molecule has 6 heteroatoms. The second-order valence-corrected chi connectivity index (χ2v) is 7.34. The lowest BCUT2D eigenvalue weighted by atomic mass is 10.2. The minimum absolute atomic E-state index is 0.206. The van der Waals surface area contributed by atoms with Gasteiger partial charge in [0.2, 0.25) is 10.0 Å².